The van der Waals surface area contributed by atoms with Gasteiger partial charge in [-0.1, -0.05) is 57.4 Å². The molecule has 6 nitrogen and oxygen atoms in total. The summed E-state index contributed by atoms with van der Waals surface area (Å²) in [6, 6.07) is 4.26. The molecule has 1 saturated heterocycles. The summed E-state index contributed by atoms with van der Waals surface area (Å²) in [6.07, 6.45) is 4.76. The van der Waals surface area contributed by atoms with Crippen LogP contribution in [-0.4, -0.2) is 51.3 Å². The highest BCUT2D eigenvalue weighted by Gasteiger charge is 2.54. The zero-order chi connectivity index (χ0) is 26.6. The number of carbonyl (C=O) groups excluding carboxylic acids is 2. The van der Waals surface area contributed by atoms with Gasteiger partial charge in [0.1, 0.15) is 0 Å². The van der Waals surface area contributed by atoms with Crippen molar-refractivity contribution in [2.75, 3.05) is 13.2 Å². The van der Waals surface area contributed by atoms with Crippen molar-refractivity contribution in [1.29, 1.82) is 0 Å². The van der Waals surface area contributed by atoms with Crippen LogP contribution >= 0.6 is 0 Å². The number of likely N-dealkylation sites (tertiary alicyclic amines) is 1. The van der Waals surface area contributed by atoms with Gasteiger partial charge >= 0.3 is 0 Å². The number of imide groups is 1. The van der Waals surface area contributed by atoms with E-state index in [1.165, 1.54) is 17.0 Å². The Morgan fingerprint density at radius 2 is 1.89 bits per heavy atom. The highest BCUT2D eigenvalue weighted by Crippen LogP contribution is 2.48. The van der Waals surface area contributed by atoms with Gasteiger partial charge in [0.15, 0.2) is 11.6 Å². The van der Waals surface area contributed by atoms with Crippen molar-refractivity contribution in [3.05, 3.63) is 46.3 Å². The molecular weight excluding hydrogens is 461 g/mol. The molecule has 7 heteroatoms. The van der Waals surface area contributed by atoms with Gasteiger partial charge < -0.3 is 15.3 Å². The summed E-state index contributed by atoms with van der Waals surface area (Å²) in [5.41, 5.74) is 3.36. The lowest BCUT2D eigenvalue weighted by Gasteiger charge is -2.38. The van der Waals surface area contributed by atoms with E-state index in [4.69, 9.17) is 0 Å². The Bertz CT molecular complexity index is 1030. The molecule has 1 fully saturated rings. The fourth-order valence-electron chi connectivity index (χ4n) is 5.87. The molecule has 2 aliphatic rings. The minimum atomic E-state index is -0.861. The molecule has 0 radical (unpaired) electrons. The number of phenols is 1. The number of carbonyl (C=O) groups is 2. The summed E-state index contributed by atoms with van der Waals surface area (Å²) < 4.78 is 13.8. The summed E-state index contributed by atoms with van der Waals surface area (Å²) in [5, 5.41) is 31.3. The maximum atomic E-state index is 13.8. The van der Waals surface area contributed by atoms with E-state index in [0.717, 1.165) is 24.0 Å². The first-order valence-corrected chi connectivity index (χ1v) is 13.2. The third-order valence-corrected chi connectivity index (χ3v) is 7.56. The molecule has 3 N–H and O–H groups in total. The van der Waals surface area contributed by atoms with E-state index in [-0.39, 0.29) is 24.3 Å². The number of nitrogens with zero attached hydrogens (tertiary/aromatic N) is 1. The number of hydrogen-bond acceptors (Lipinski definition) is 5. The van der Waals surface area contributed by atoms with Crippen LogP contribution in [0.3, 0.4) is 0 Å². The summed E-state index contributed by atoms with van der Waals surface area (Å²) in [6.45, 7) is 8.09. The SMILES string of the molecule is CCC/C(=C\c1ccc(O)c(F)c1)CC[C@@H](O)C1=C(C(C)C)C[C@H]2C(=O)N(CCC)C(=O)[C@H]2[C@H]1CO. The second-order valence-electron chi connectivity index (χ2n) is 10.4. The molecule has 0 unspecified atom stereocenters. The van der Waals surface area contributed by atoms with Crippen molar-refractivity contribution in [2.24, 2.45) is 23.7 Å². The first kappa shape index (κ1) is 28.1. The molecule has 0 spiro atoms. The Labute approximate surface area is 213 Å². The molecule has 0 aromatic heterocycles. The van der Waals surface area contributed by atoms with Crippen molar-refractivity contribution in [3.63, 3.8) is 0 Å². The highest BCUT2D eigenvalue weighted by molar-refractivity contribution is 6.05. The molecule has 198 valence electrons. The summed E-state index contributed by atoms with van der Waals surface area (Å²) in [5.74, 6) is -3.10. The molecule has 1 aromatic rings. The average Bonchev–Trinajstić information content (AvgIpc) is 3.08. The van der Waals surface area contributed by atoms with Crippen LogP contribution in [0.4, 0.5) is 4.39 Å². The Morgan fingerprint density at radius 3 is 2.47 bits per heavy atom. The van der Waals surface area contributed by atoms with Crippen molar-refractivity contribution in [2.45, 2.75) is 72.3 Å². The van der Waals surface area contributed by atoms with Gasteiger partial charge in [-0.3, -0.25) is 14.5 Å². The number of amides is 2. The van der Waals surface area contributed by atoms with E-state index in [9.17, 15) is 29.3 Å². The number of phenolic OH excluding ortho intramolecular Hbond substituents is 1. The van der Waals surface area contributed by atoms with Crippen molar-refractivity contribution in [1.82, 2.24) is 4.90 Å². The maximum Gasteiger partial charge on any atom is 0.233 e. The zero-order valence-electron chi connectivity index (χ0n) is 21.8. The molecule has 1 aliphatic heterocycles. The maximum absolute atomic E-state index is 13.8. The monoisotopic (exact) mass is 501 g/mol. The second kappa shape index (κ2) is 12.2. The molecular formula is C29H40FNO5. The van der Waals surface area contributed by atoms with E-state index in [0.29, 0.717) is 43.4 Å². The summed E-state index contributed by atoms with van der Waals surface area (Å²) in [4.78, 5) is 27.6. The zero-order valence-corrected chi connectivity index (χ0v) is 21.8. The van der Waals surface area contributed by atoms with Gasteiger partial charge in [-0.2, -0.15) is 0 Å². The predicted octanol–water partition coefficient (Wildman–Crippen LogP) is 4.83. The number of fused-ring (bicyclic) bond motifs is 1. The second-order valence-corrected chi connectivity index (χ2v) is 10.4. The van der Waals surface area contributed by atoms with Crippen LogP contribution in [0.25, 0.3) is 6.08 Å². The fourth-order valence-corrected chi connectivity index (χ4v) is 5.87. The molecule has 1 aliphatic carbocycles. The van der Waals surface area contributed by atoms with E-state index in [1.54, 1.807) is 6.07 Å². The number of benzene rings is 1. The van der Waals surface area contributed by atoms with Crippen molar-refractivity contribution in [3.8, 4) is 5.75 Å². The smallest absolute Gasteiger partial charge is 0.233 e. The normalized spacial score (nSPS) is 23.6. The van der Waals surface area contributed by atoms with Crippen molar-refractivity contribution < 1.29 is 29.3 Å². The van der Waals surface area contributed by atoms with Crippen LogP contribution in [0, 0.1) is 29.5 Å². The summed E-state index contributed by atoms with van der Waals surface area (Å²) in [7, 11) is 0. The molecule has 0 saturated carbocycles. The van der Waals surface area contributed by atoms with Crippen LogP contribution < -0.4 is 0 Å². The number of aliphatic hydroxyl groups excluding tert-OH is 2. The molecule has 3 rings (SSSR count). The van der Waals surface area contributed by atoms with Gasteiger partial charge in [0.05, 0.1) is 24.5 Å². The number of rotatable bonds is 11. The molecule has 4 atom stereocenters. The van der Waals surface area contributed by atoms with Gasteiger partial charge in [0, 0.05) is 12.5 Å². The predicted molar refractivity (Wildman–Crippen MR) is 137 cm³/mol. The molecule has 1 heterocycles. The first-order valence-electron chi connectivity index (χ1n) is 13.2. The number of allylic oxidation sites excluding steroid dienone is 2. The van der Waals surface area contributed by atoms with Gasteiger partial charge in [-0.25, -0.2) is 4.39 Å². The van der Waals surface area contributed by atoms with E-state index >= 15 is 0 Å². The largest absolute Gasteiger partial charge is 0.505 e. The van der Waals surface area contributed by atoms with Gasteiger partial charge in [0.25, 0.3) is 0 Å². The highest BCUT2D eigenvalue weighted by atomic mass is 19.1. The number of hydrogen-bond donors (Lipinski definition) is 3. The Kier molecular flexibility index (Phi) is 9.47. The van der Waals surface area contributed by atoms with Crippen LogP contribution in [0.1, 0.15) is 71.8 Å². The van der Waals surface area contributed by atoms with Crippen LogP contribution in [0.2, 0.25) is 0 Å². The van der Waals surface area contributed by atoms with Crippen LogP contribution in [-0.2, 0) is 9.59 Å². The van der Waals surface area contributed by atoms with E-state index in [1.807, 2.05) is 26.8 Å². The average molecular weight is 502 g/mol. The van der Waals surface area contributed by atoms with E-state index < -0.39 is 35.4 Å². The Balaban J connectivity index is 1.87. The number of halogens is 1. The lowest BCUT2D eigenvalue weighted by atomic mass is 9.66. The minimum Gasteiger partial charge on any atom is -0.505 e. The fraction of sp³-hybridized carbons (Fsp3) is 0.586. The Hall–Kier alpha value is -2.51. The third kappa shape index (κ3) is 5.73. The third-order valence-electron chi connectivity index (χ3n) is 7.56. The van der Waals surface area contributed by atoms with Crippen LogP contribution in [0.5, 0.6) is 5.75 Å². The minimum absolute atomic E-state index is 0.0680. The molecule has 36 heavy (non-hydrogen) atoms. The van der Waals surface area contributed by atoms with Crippen molar-refractivity contribution >= 4 is 17.9 Å². The molecule has 2 amide bonds. The molecule has 0 bridgehead atoms. The standard InChI is InChI=1S/C29H40FNO5/c1-5-7-18(13-19-9-10-24(33)23(30)14-19)8-11-25(34)26-20(17(3)4)15-21-27(22(26)16-32)29(36)31(12-6-2)28(21)35/h9-10,13-14,17,21-22,25,27,32-34H,5-8,11-12,15-16H2,1-4H3/b18-13+/t21-,22+,25-,27-/m1/s1. The van der Waals surface area contributed by atoms with Gasteiger partial charge in [0.2, 0.25) is 11.8 Å². The quantitative estimate of drug-likeness (QED) is 0.298. The first-order chi connectivity index (χ1) is 17.1. The number of aromatic hydroxyl groups is 1. The summed E-state index contributed by atoms with van der Waals surface area (Å²) >= 11 is 0. The topological polar surface area (TPSA) is 98.1 Å². The van der Waals surface area contributed by atoms with E-state index in [2.05, 4.69) is 6.92 Å². The number of aliphatic hydroxyl groups is 2. The molecule has 1 aromatic carbocycles. The lowest BCUT2D eigenvalue weighted by Crippen LogP contribution is -2.40. The lowest BCUT2D eigenvalue weighted by molar-refractivity contribution is -0.140. The van der Waals surface area contributed by atoms with Gasteiger partial charge in [-0.05, 0) is 61.3 Å². The Morgan fingerprint density at radius 1 is 1.17 bits per heavy atom. The van der Waals surface area contributed by atoms with Gasteiger partial charge in [-0.15, -0.1) is 0 Å². The van der Waals surface area contributed by atoms with Crippen LogP contribution in [0.15, 0.2) is 34.9 Å².